The van der Waals surface area contributed by atoms with E-state index in [0.717, 1.165) is 43.6 Å². The minimum Gasteiger partial charge on any atom is -0.494 e. The summed E-state index contributed by atoms with van der Waals surface area (Å²) in [4.78, 5) is 2.74. The molecular weight excluding hydrogens is 298 g/mol. The molecule has 0 aromatic heterocycles. The minimum absolute atomic E-state index is 0.593. The van der Waals surface area contributed by atoms with Crippen molar-refractivity contribution < 1.29 is 4.74 Å². The number of unbranched alkanes of at least 4 members (excludes halogenated alkanes) is 3. The molecule has 0 saturated heterocycles. The van der Waals surface area contributed by atoms with Crippen molar-refractivity contribution in [3.8, 4) is 5.75 Å². The molecule has 0 amide bonds. The van der Waals surface area contributed by atoms with Crippen molar-refractivity contribution in [1.29, 1.82) is 0 Å². The highest BCUT2D eigenvalue weighted by Crippen LogP contribution is 2.15. The first kappa shape index (κ1) is 17.6. The quantitative estimate of drug-likeness (QED) is 0.171. The molecule has 2 aromatic carbocycles. The van der Waals surface area contributed by atoms with Crippen LogP contribution in [0.5, 0.6) is 5.75 Å². The molecule has 24 heavy (non-hydrogen) atoms. The number of ether oxygens (including phenoxy) is 1. The van der Waals surface area contributed by atoms with E-state index >= 15 is 0 Å². The molecule has 0 aliphatic carbocycles. The molecule has 0 heterocycles. The maximum Gasteiger partial charge on any atom is 0.119 e. The van der Waals surface area contributed by atoms with Gasteiger partial charge in [-0.2, -0.15) is 0 Å². The van der Waals surface area contributed by atoms with Gasteiger partial charge in [0.25, 0.3) is 0 Å². The molecule has 0 N–H and O–H groups in total. The highest BCUT2D eigenvalue weighted by molar-refractivity contribution is 5.69. The van der Waals surface area contributed by atoms with Crippen molar-refractivity contribution in [1.82, 2.24) is 0 Å². The summed E-state index contributed by atoms with van der Waals surface area (Å²) >= 11 is 0. The lowest BCUT2D eigenvalue weighted by Gasteiger charge is -2.06. The van der Waals surface area contributed by atoms with Crippen LogP contribution in [-0.4, -0.2) is 13.2 Å². The average molecular weight is 321 g/mol. The van der Waals surface area contributed by atoms with Gasteiger partial charge in [-0.3, -0.25) is 0 Å². The molecule has 0 unspecified atom stereocenters. The molecule has 0 aliphatic rings. The third-order valence-electron chi connectivity index (χ3n) is 3.63. The second kappa shape index (κ2) is 10.9. The number of hydrogen-bond acceptors (Lipinski definition) is 2. The number of rotatable bonds is 10. The highest BCUT2D eigenvalue weighted by atomic mass is 16.5. The standard InChI is InChI=1S/C20H23N3O/c21-23-22-16-6-1-2-7-17-24-20-14-12-19(13-15-20)11-10-18-8-4-3-5-9-18/h3-5,8-15H,1-2,6-7,16-17H2/b11-10+. The summed E-state index contributed by atoms with van der Waals surface area (Å²) in [6.07, 6.45) is 8.35. The molecule has 0 saturated carbocycles. The first-order valence-electron chi connectivity index (χ1n) is 8.35. The fraction of sp³-hybridized carbons (Fsp3) is 0.300. The monoisotopic (exact) mass is 321 g/mol. The van der Waals surface area contributed by atoms with Gasteiger partial charge in [0.2, 0.25) is 0 Å². The van der Waals surface area contributed by atoms with Crippen molar-refractivity contribution >= 4 is 12.2 Å². The van der Waals surface area contributed by atoms with Crippen LogP contribution >= 0.6 is 0 Å². The Morgan fingerprint density at radius 2 is 1.50 bits per heavy atom. The zero-order chi connectivity index (χ0) is 16.9. The van der Waals surface area contributed by atoms with Crippen molar-refractivity contribution in [2.24, 2.45) is 5.11 Å². The van der Waals surface area contributed by atoms with Crippen molar-refractivity contribution in [3.05, 3.63) is 76.2 Å². The molecule has 0 aliphatic heterocycles. The molecule has 4 heteroatoms. The van der Waals surface area contributed by atoms with E-state index in [1.165, 1.54) is 5.56 Å². The molecule has 0 radical (unpaired) electrons. The van der Waals surface area contributed by atoms with Crippen LogP contribution in [0.1, 0.15) is 36.8 Å². The molecule has 0 bridgehead atoms. The zero-order valence-electron chi connectivity index (χ0n) is 13.8. The molecule has 4 nitrogen and oxygen atoms in total. The third-order valence-corrected chi connectivity index (χ3v) is 3.63. The van der Waals surface area contributed by atoms with Crippen LogP contribution in [-0.2, 0) is 0 Å². The Hall–Kier alpha value is -2.71. The topological polar surface area (TPSA) is 58.0 Å². The Labute approximate surface area is 143 Å². The van der Waals surface area contributed by atoms with Crippen LogP contribution in [0.15, 0.2) is 59.7 Å². The van der Waals surface area contributed by atoms with Gasteiger partial charge in [-0.15, -0.1) is 0 Å². The van der Waals surface area contributed by atoms with Crippen LogP contribution in [0.3, 0.4) is 0 Å². The summed E-state index contributed by atoms with van der Waals surface area (Å²) < 4.78 is 5.75. The van der Waals surface area contributed by atoms with Crippen molar-refractivity contribution in [2.75, 3.05) is 13.2 Å². The Morgan fingerprint density at radius 1 is 0.833 bits per heavy atom. The van der Waals surface area contributed by atoms with Crippen LogP contribution in [0.25, 0.3) is 22.6 Å². The highest BCUT2D eigenvalue weighted by Gasteiger charge is 1.95. The van der Waals surface area contributed by atoms with E-state index in [1.807, 2.05) is 30.3 Å². The lowest BCUT2D eigenvalue weighted by molar-refractivity contribution is 0.305. The average Bonchev–Trinajstić information content (AvgIpc) is 2.64. The van der Waals surface area contributed by atoms with Gasteiger partial charge in [-0.25, -0.2) is 0 Å². The number of nitrogens with zero attached hydrogens (tertiary/aromatic N) is 3. The molecule has 2 rings (SSSR count). The lowest BCUT2D eigenvalue weighted by atomic mass is 10.1. The van der Waals surface area contributed by atoms with E-state index in [2.05, 4.69) is 46.4 Å². The molecule has 124 valence electrons. The Balaban J connectivity index is 1.67. The zero-order valence-corrected chi connectivity index (χ0v) is 13.8. The van der Waals surface area contributed by atoms with Gasteiger partial charge in [0.05, 0.1) is 6.61 Å². The van der Waals surface area contributed by atoms with Crippen LogP contribution in [0.2, 0.25) is 0 Å². The van der Waals surface area contributed by atoms with Gasteiger partial charge in [-0.1, -0.05) is 72.6 Å². The summed E-state index contributed by atoms with van der Waals surface area (Å²) in [6, 6.07) is 18.4. The summed E-state index contributed by atoms with van der Waals surface area (Å²) in [5.41, 5.74) is 10.5. The molecule has 0 fully saturated rings. The summed E-state index contributed by atoms with van der Waals surface area (Å²) in [6.45, 7) is 1.32. The fourth-order valence-electron chi connectivity index (χ4n) is 2.30. The van der Waals surface area contributed by atoms with E-state index in [4.69, 9.17) is 10.3 Å². The van der Waals surface area contributed by atoms with E-state index < -0.39 is 0 Å². The molecule has 0 atom stereocenters. The summed E-state index contributed by atoms with van der Waals surface area (Å²) in [5, 5.41) is 3.52. The van der Waals surface area contributed by atoms with E-state index in [1.54, 1.807) is 0 Å². The maximum absolute atomic E-state index is 8.18. The van der Waals surface area contributed by atoms with Gasteiger partial charge in [0.1, 0.15) is 5.75 Å². The molecule has 0 spiro atoms. The fourth-order valence-corrected chi connectivity index (χ4v) is 2.30. The first-order valence-corrected chi connectivity index (χ1v) is 8.35. The molecular formula is C20H23N3O. The van der Waals surface area contributed by atoms with Gasteiger partial charge in [-0.05, 0) is 41.6 Å². The Morgan fingerprint density at radius 3 is 2.21 bits per heavy atom. The predicted octanol–water partition coefficient (Wildman–Crippen LogP) is 6.11. The summed E-state index contributed by atoms with van der Waals surface area (Å²) in [5.74, 6) is 0.904. The van der Waals surface area contributed by atoms with Crippen molar-refractivity contribution in [3.63, 3.8) is 0 Å². The SMILES string of the molecule is [N-]=[N+]=NCCCCCCOc1ccc(/C=C/c2ccccc2)cc1. The maximum atomic E-state index is 8.18. The second-order valence-corrected chi connectivity index (χ2v) is 5.53. The normalized spacial score (nSPS) is 10.5. The number of hydrogen-bond donors (Lipinski definition) is 0. The first-order chi connectivity index (χ1) is 11.9. The van der Waals surface area contributed by atoms with E-state index in [9.17, 15) is 0 Å². The number of benzene rings is 2. The largest absolute Gasteiger partial charge is 0.494 e. The van der Waals surface area contributed by atoms with Crippen molar-refractivity contribution in [2.45, 2.75) is 25.7 Å². The van der Waals surface area contributed by atoms with Crippen LogP contribution in [0, 0.1) is 0 Å². The molecule has 2 aromatic rings. The van der Waals surface area contributed by atoms with Gasteiger partial charge >= 0.3 is 0 Å². The summed E-state index contributed by atoms with van der Waals surface area (Å²) in [7, 11) is 0. The van der Waals surface area contributed by atoms with E-state index in [0.29, 0.717) is 6.54 Å². The van der Waals surface area contributed by atoms with Crippen LogP contribution < -0.4 is 4.74 Å². The Kier molecular flexibility index (Phi) is 8.03. The van der Waals surface area contributed by atoms with E-state index in [-0.39, 0.29) is 0 Å². The predicted molar refractivity (Wildman–Crippen MR) is 99.8 cm³/mol. The van der Waals surface area contributed by atoms with Gasteiger partial charge in [0.15, 0.2) is 0 Å². The number of azide groups is 1. The van der Waals surface area contributed by atoms with Gasteiger partial charge in [0, 0.05) is 11.5 Å². The van der Waals surface area contributed by atoms with Gasteiger partial charge < -0.3 is 4.74 Å². The minimum atomic E-state index is 0.593. The second-order valence-electron chi connectivity index (χ2n) is 5.53. The Bertz CT molecular complexity index is 659. The lowest BCUT2D eigenvalue weighted by Crippen LogP contribution is -1.97. The third kappa shape index (κ3) is 7.03. The van der Waals surface area contributed by atoms with Crippen LogP contribution in [0.4, 0.5) is 0 Å². The smallest absolute Gasteiger partial charge is 0.119 e.